The maximum atomic E-state index is 12.4. The molecule has 0 bridgehead atoms. The van der Waals surface area contributed by atoms with Crippen LogP contribution in [0.15, 0.2) is 36.5 Å². The lowest BCUT2D eigenvalue weighted by molar-refractivity contribution is 0.519. The minimum atomic E-state index is -0.767. The Kier molecular flexibility index (Phi) is 2.00. The van der Waals surface area contributed by atoms with E-state index in [9.17, 15) is 8.78 Å². The topological polar surface area (TPSA) is 0 Å². The summed E-state index contributed by atoms with van der Waals surface area (Å²) in [6, 6.07) is 0. The highest BCUT2D eigenvalue weighted by atomic mass is 19.2. The van der Waals surface area contributed by atoms with Crippen molar-refractivity contribution >= 4 is 0 Å². The summed E-state index contributed by atoms with van der Waals surface area (Å²) >= 11 is 0. The number of hydrogen-bond acceptors (Lipinski definition) is 0. The van der Waals surface area contributed by atoms with Crippen LogP contribution in [0.4, 0.5) is 8.78 Å². The average molecular weight is 142 g/mol. The van der Waals surface area contributed by atoms with Crippen LogP contribution in [-0.2, 0) is 0 Å². The van der Waals surface area contributed by atoms with Gasteiger partial charge in [-0.3, -0.25) is 0 Å². The lowest BCUT2D eigenvalue weighted by Crippen LogP contribution is -1.96. The summed E-state index contributed by atoms with van der Waals surface area (Å²) in [5, 5.41) is 0. The standard InChI is InChI=1S/C8H8F2/c1-2-6-3-4-7(9)8(10)5-6/h2,4-6H,1,3H2. The SMILES string of the molecule is C=CC1C=C(F)C(F)=CC1. The van der Waals surface area contributed by atoms with Crippen LogP contribution in [0, 0.1) is 5.92 Å². The highest BCUT2D eigenvalue weighted by molar-refractivity contribution is 5.25. The summed E-state index contributed by atoms with van der Waals surface area (Å²) in [6.45, 7) is 3.48. The van der Waals surface area contributed by atoms with Gasteiger partial charge >= 0.3 is 0 Å². The molecule has 0 saturated heterocycles. The van der Waals surface area contributed by atoms with Gasteiger partial charge in [-0.2, -0.15) is 0 Å². The van der Waals surface area contributed by atoms with Crippen molar-refractivity contribution in [2.45, 2.75) is 6.42 Å². The Morgan fingerprint density at radius 1 is 1.50 bits per heavy atom. The smallest absolute Gasteiger partial charge is 0.155 e. The largest absolute Gasteiger partial charge is 0.204 e. The summed E-state index contributed by atoms with van der Waals surface area (Å²) in [7, 11) is 0. The predicted octanol–water partition coefficient (Wildman–Crippen LogP) is 2.90. The molecule has 1 unspecified atom stereocenters. The van der Waals surface area contributed by atoms with Gasteiger partial charge in [0.15, 0.2) is 11.7 Å². The van der Waals surface area contributed by atoms with Crippen molar-refractivity contribution in [3.63, 3.8) is 0 Å². The van der Waals surface area contributed by atoms with Crippen molar-refractivity contribution in [2.75, 3.05) is 0 Å². The third kappa shape index (κ3) is 1.32. The number of allylic oxidation sites excluding steroid dienone is 5. The molecule has 1 atom stereocenters. The molecule has 10 heavy (non-hydrogen) atoms. The molecule has 1 aliphatic rings. The van der Waals surface area contributed by atoms with Crippen LogP contribution in [0.25, 0.3) is 0 Å². The Balaban J connectivity index is 2.75. The van der Waals surface area contributed by atoms with Gasteiger partial charge in [0, 0.05) is 5.92 Å². The highest BCUT2D eigenvalue weighted by Gasteiger charge is 2.12. The molecular weight excluding hydrogens is 134 g/mol. The zero-order valence-electron chi connectivity index (χ0n) is 5.48. The van der Waals surface area contributed by atoms with E-state index in [-0.39, 0.29) is 5.92 Å². The molecule has 0 spiro atoms. The van der Waals surface area contributed by atoms with Gasteiger partial charge in [-0.25, -0.2) is 8.78 Å². The second-order valence-corrected chi connectivity index (χ2v) is 2.20. The third-order valence-corrected chi connectivity index (χ3v) is 1.46. The second-order valence-electron chi connectivity index (χ2n) is 2.20. The summed E-state index contributed by atoms with van der Waals surface area (Å²) in [5.74, 6) is -1.56. The average Bonchev–Trinajstić information content (AvgIpc) is 1.95. The molecule has 1 rings (SSSR count). The Hall–Kier alpha value is -0.920. The molecule has 0 aromatic carbocycles. The maximum absolute atomic E-state index is 12.4. The van der Waals surface area contributed by atoms with Crippen molar-refractivity contribution in [1.82, 2.24) is 0 Å². The van der Waals surface area contributed by atoms with Gasteiger partial charge < -0.3 is 0 Å². The van der Waals surface area contributed by atoms with E-state index in [2.05, 4.69) is 6.58 Å². The maximum Gasteiger partial charge on any atom is 0.155 e. The van der Waals surface area contributed by atoms with E-state index in [0.29, 0.717) is 6.42 Å². The van der Waals surface area contributed by atoms with Gasteiger partial charge in [-0.15, -0.1) is 6.58 Å². The van der Waals surface area contributed by atoms with Crippen LogP contribution in [0.2, 0.25) is 0 Å². The van der Waals surface area contributed by atoms with Crippen molar-refractivity contribution in [1.29, 1.82) is 0 Å². The first-order valence-corrected chi connectivity index (χ1v) is 3.10. The Morgan fingerprint density at radius 2 is 2.20 bits per heavy atom. The lowest BCUT2D eigenvalue weighted by Gasteiger charge is -2.08. The highest BCUT2D eigenvalue weighted by Crippen LogP contribution is 2.24. The first kappa shape index (κ1) is 7.19. The van der Waals surface area contributed by atoms with Crippen LogP contribution in [0.5, 0.6) is 0 Å². The summed E-state index contributed by atoms with van der Waals surface area (Å²) < 4.78 is 24.7. The Bertz CT molecular complexity index is 201. The molecular formula is C8H8F2. The van der Waals surface area contributed by atoms with E-state index in [1.54, 1.807) is 6.08 Å². The fourth-order valence-electron chi connectivity index (χ4n) is 0.837. The van der Waals surface area contributed by atoms with Crippen molar-refractivity contribution in [3.8, 4) is 0 Å². The fraction of sp³-hybridized carbons (Fsp3) is 0.250. The van der Waals surface area contributed by atoms with Gasteiger partial charge in [0.05, 0.1) is 0 Å². The van der Waals surface area contributed by atoms with Gasteiger partial charge in [0.25, 0.3) is 0 Å². The van der Waals surface area contributed by atoms with Crippen LogP contribution in [0.1, 0.15) is 6.42 Å². The predicted molar refractivity (Wildman–Crippen MR) is 36.7 cm³/mol. The molecule has 0 aromatic heterocycles. The Labute approximate surface area is 58.6 Å². The molecule has 1 aliphatic carbocycles. The van der Waals surface area contributed by atoms with E-state index in [1.165, 1.54) is 12.2 Å². The van der Waals surface area contributed by atoms with E-state index in [1.807, 2.05) is 0 Å². The van der Waals surface area contributed by atoms with Crippen LogP contribution >= 0.6 is 0 Å². The molecule has 0 radical (unpaired) electrons. The monoisotopic (exact) mass is 142 g/mol. The molecule has 0 aromatic rings. The quantitative estimate of drug-likeness (QED) is 0.494. The number of halogens is 2. The molecule has 0 heterocycles. The zero-order chi connectivity index (χ0) is 7.56. The summed E-state index contributed by atoms with van der Waals surface area (Å²) in [5.41, 5.74) is 0. The van der Waals surface area contributed by atoms with Gasteiger partial charge in [0.1, 0.15) is 0 Å². The van der Waals surface area contributed by atoms with E-state index in [4.69, 9.17) is 0 Å². The molecule has 0 saturated carbocycles. The first-order chi connectivity index (χ1) is 4.74. The van der Waals surface area contributed by atoms with Crippen LogP contribution in [-0.4, -0.2) is 0 Å². The van der Waals surface area contributed by atoms with E-state index < -0.39 is 11.7 Å². The number of rotatable bonds is 1. The van der Waals surface area contributed by atoms with E-state index >= 15 is 0 Å². The molecule has 54 valence electrons. The third-order valence-electron chi connectivity index (χ3n) is 1.46. The minimum Gasteiger partial charge on any atom is -0.204 e. The zero-order valence-corrected chi connectivity index (χ0v) is 5.48. The number of hydrogen-bond donors (Lipinski definition) is 0. The molecule has 0 fully saturated rings. The van der Waals surface area contributed by atoms with Crippen LogP contribution < -0.4 is 0 Å². The van der Waals surface area contributed by atoms with Gasteiger partial charge in [0.2, 0.25) is 0 Å². The molecule has 0 aliphatic heterocycles. The van der Waals surface area contributed by atoms with Gasteiger partial charge in [-0.1, -0.05) is 6.08 Å². The minimum absolute atomic E-state index is 0.0421. The summed E-state index contributed by atoms with van der Waals surface area (Å²) in [6.07, 6.45) is 4.59. The summed E-state index contributed by atoms with van der Waals surface area (Å²) in [4.78, 5) is 0. The van der Waals surface area contributed by atoms with Crippen LogP contribution in [0.3, 0.4) is 0 Å². The molecule has 0 N–H and O–H groups in total. The van der Waals surface area contributed by atoms with Crippen molar-refractivity contribution < 1.29 is 8.78 Å². The normalized spacial score (nSPS) is 25.2. The Morgan fingerprint density at radius 3 is 2.70 bits per heavy atom. The molecule has 2 heteroatoms. The van der Waals surface area contributed by atoms with Crippen molar-refractivity contribution in [3.05, 3.63) is 36.5 Å². The first-order valence-electron chi connectivity index (χ1n) is 3.10. The van der Waals surface area contributed by atoms with E-state index in [0.717, 1.165) is 0 Å². The lowest BCUT2D eigenvalue weighted by atomic mass is 10.0. The molecule has 0 nitrogen and oxygen atoms in total. The fourth-order valence-corrected chi connectivity index (χ4v) is 0.837. The second kappa shape index (κ2) is 2.78. The van der Waals surface area contributed by atoms with Crippen molar-refractivity contribution in [2.24, 2.45) is 5.92 Å². The van der Waals surface area contributed by atoms with Gasteiger partial charge in [-0.05, 0) is 18.6 Å². The molecule has 0 amide bonds.